The standard InChI is InChI=1S/C23H28O3.C20H26O4/c1-5-17(2)9-8-14-23(3,4)26-22(25)16-21(24)20-13-12-18-10-6-7-11-19(18)15-20;1-6-20(4,13-7-8-15(2)3)24-19(22)14-18(21)16-9-11-17(23-5)12-10-16/h5-7,10-13,15,17H,1,8-9,14,16H2,2-4H3;6,8-12H,1,7,13-14H2,2-5H3. The van der Waals surface area contributed by atoms with Crippen LogP contribution < -0.4 is 4.74 Å². The van der Waals surface area contributed by atoms with Gasteiger partial charge >= 0.3 is 11.9 Å². The molecule has 0 N–H and O–H groups in total. The first kappa shape index (κ1) is 41.4. The number of hydrogen-bond acceptors (Lipinski definition) is 7. The lowest BCUT2D eigenvalue weighted by Crippen LogP contribution is -2.30. The molecule has 2 unspecified atom stereocenters. The van der Waals surface area contributed by atoms with Crippen LogP contribution in [0, 0.1) is 5.92 Å². The van der Waals surface area contributed by atoms with Gasteiger partial charge in [-0.2, -0.15) is 0 Å². The summed E-state index contributed by atoms with van der Waals surface area (Å²) in [5, 5.41) is 2.06. The molecule has 0 aliphatic carbocycles. The molecule has 7 heteroatoms. The maximum atomic E-state index is 12.4. The molecule has 0 spiro atoms. The summed E-state index contributed by atoms with van der Waals surface area (Å²) in [6, 6.07) is 20.0. The fourth-order valence-electron chi connectivity index (χ4n) is 5.11. The molecule has 3 aromatic rings. The molecule has 0 bridgehead atoms. The summed E-state index contributed by atoms with van der Waals surface area (Å²) in [5.74, 6) is -0.390. The number of rotatable bonds is 18. The zero-order valence-electron chi connectivity index (χ0n) is 30.9. The van der Waals surface area contributed by atoms with E-state index in [0.717, 1.165) is 36.5 Å². The molecule has 0 radical (unpaired) electrons. The van der Waals surface area contributed by atoms with Crippen LogP contribution >= 0.6 is 0 Å². The number of Topliss-reactive ketones (excluding diaryl/α,β-unsaturated/α-hetero) is 2. The third-order valence-corrected chi connectivity index (χ3v) is 8.30. The van der Waals surface area contributed by atoms with Gasteiger partial charge in [0.05, 0.1) is 7.11 Å². The van der Waals surface area contributed by atoms with Gasteiger partial charge in [-0.15, -0.1) is 6.58 Å². The number of hydrogen-bond donors (Lipinski definition) is 0. The first-order valence-electron chi connectivity index (χ1n) is 17.1. The van der Waals surface area contributed by atoms with Gasteiger partial charge in [0, 0.05) is 11.1 Å². The predicted octanol–water partition coefficient (Wildman–Crippen LogP) is 10.2. The summed E-state index contributed by atoms with van der Waals surface area (Å²) in [6.07, 6.45) is 9.24. The van der Waals surface area contributed by atoms with Crippen molar-refractivity contribution in [3.63, 3.8) is 0 Å². The molecule has 0 fully saturated rings. The van der Waals surface area contributed by atoms with Crippen LogP contribution in [0.4, 0.5) is 0 Å². The monoisotopic (exact) mass is 682 g/mol. The van der Waals surface area contributed by atoms with Gasteiger partial charge < -0.3 is 14.2 Å². The Labute approximate surface area is 298 Å². The van der Waals surface area contributed by atoms with E-state index in [-0.39, 0.29) is 24.4 Å². The number of carbonyl (C=O) groups excluding carboxylic acids is 4. The first-order valence-corrected chi connectivity index (χ1v) is 17.1. The zero-order valence-corrected chi connectivity index (χ0v) is 30.9. The molecule has 0 saturated heterocycles. The molecule has 268 valence electrons. The summed E-state index contributed by atoms with van der Waals surface area (Å²) in [7, 11) is 1.56. The summed E-state index contributed by atoms with van der Waals surface area (Å²) < 4.78 is 16.1. The third kappa shape index (κ3) is 14.8. The molecule has 3 rings (SSSR count). The molecule has 3 aromatic carbocycles. The van der Waals surface area contributed by atoms with Crippen molar-refractivity contribution in [3.05, 3.63) is 115 Å². The Morgan fingerprint density at radius 3 is 1.94 bits per heavy atom. The van der Waals surface area contributed by atoms with E-state index in [1.807, 2.05) is 70.2 Å². The van der Waals surface area contributed by atoms with Gasteiger partial charge in [-0.1, -0.05) is 67.6 Å². The highest BCUT2D eigenvalue weighted by atomic mass is 16.6. The van der Waals surface area contributed by atoms with Crippen LogP contribution in [0.5, 0.6) is 5.75 Å². The summed E-state index contributed by atoms with van der Waals surface area (Å²) >= 11 is 0. The average molecular weight is 683 g/mol. The van der Waals surface area contributed by atoms with Crippen LogP contribution in [0.15, 0.2) is 104 Å². The number of ketones is 2. The molecular formula is C43H54O7. The lowest BCUT2D eigenvalue weighted by Gasteiger charge is -2.25. The van der Waals surface area contributed by atoms with Crippen molar-refractivity contribution in [3.8, 4) is 5.75 Å². The second kappa shape index (κ2) is 20.0. The number of methoxy groups -OCH3 is 1. The fourth-order valence-corrected chi connectivity index (χ4v) is 5.11. The lowest BCUT2D eigenvalue weighted by atomic mass is 9.96. The van der Waals surface area contributed by atoms with Crippen LogP contribution in [-0.4, -0.2) is 41.8 Å². The Morgan fingerprint density at radius 2 is 1.36 bits per heavy atom. The van der Waals surface area contributed by atoms with E-state index in [0.29, 0.717) is 29.2 Å². The fraction of sp³-hybridized carbons (Fsp3) is 0.395. The maximum absolute atomic E-state index is 12.4. The SMILES string of the molecule is C=CC(C)(CCC=C(C)C)OC(=O)CC(=O)c1ccc(OC)cc1.C=CC(C)CCCC(C)(C)OC(=O)CC(=O)c1ccc2ccccc2c1. The van der Waals surface area contributed by atoms with Crippen molar-refractivity contribution >= 4 is 34.3 Å². The maximum Gasteiger partial charge on any atom is 0.314 e. The second-order valence-electron chi connectivity index (χ2n) is 13.6. The second-order valence-corrected chi connectivity index (χ2v) is 13.6. The number of carbonyl (C=O) groups is 4. The highest BCUT2D eigenvalue weighted by Crippen LogP contribution is 2.23. The summed E-state index contributed by atoms with van der Waals surface area (Å²) in [5.41, 5.74) is 0.864. The molecule has 0 aliphatic heterocycles. The number of fused-ring (bicyclic) bond motifs is 1. The van der Waals surface area contributed by atoms with Crippen LogP contribution in [0.1, 0.15) is 107 Å². The van der Waals surface area contributed by atoms with Gasteiger partial charge in [0.2, 0.25) is 0 Å². The molecule has 0 saturated carbocycles. The van der Waals surface area contributed by atoms with Crippen molar-refractivity contribution < 1.29 is 33.4 Å². The van der Waals surface area contributed by atoms with Crippen molar-refractivity contribution in [2.24, 2.45) is 5.92 Å². The van der Waals surface area contributed by atoms with E-state index in [9.17, 15) is 19.2 Å². The van der Waals surface area contributed by atoms with Gasteiger partial charge in [-0.25, -0.2) is 0 Å². The van der Waals surface area contributed by atoms with Crippen LogP contribution in [0.2, 0.25) is 0 Å². The lowest BCUT2D eigenvalue weighted by molar-refractivity contribution is -0.156. The van der Waals surface area contributed by atoms with Crippen LogP contribution in [0.25, 0.3) is 10.8 Å². The molecule has 7 nitrogen and oxygen atoms in total. The van der Waals surface area contributed by atoms with E-state index < -0.39 is 23.1 Å². The Hall–Kier alpha value is -4.78. The van der Waals surface area contributed by atoms with E-state index in [4.69, 9.17) is 14.2 Å². The van der Waals surface area contributed by atoms with Crippen molar-refractivity contribution in [2.75, 3.05) is 7.11 Å². The first-order chi connectivity index (χ1) is 23.6. The van der Waals surface area contributed by atoms with E-state index in [1.54, 1.807) is 50.4 Å². The minimum Gasteiger partial charge on any atom is -0.497 e. The van der Waals surface area contributed by atoms with Gasteiger partial charge in [0.25, 0.3) is 0 Å². The number of esters is 2. The summed E-state index contributed by atoms with van der Waals surface area (Å²) in [4.78, 5) is 48.9. The Bertz CT molecular complexity index is 1640. The zero-order chi connectivity index (χ0) is 37.3. The van der Waals surface area contributed by atoms with Crippen molar-refractivity contribution in [1.82, 2.24) is 0 Å². The highest BCUT2D eigenvalue weighted by molar-refractivity contribution is 6.08. The largest absolute Gasteiger partial charge is 0.497 e. The summed E-state index contributed by atoms with van der Waals surface area (Å²) in [6.45, 7) is 19.3. The Balaban J connectivity index is 0.000000348. The topological polar surface area (TPSA) is 96.0 Å². The van der Waals surface area contributed by atoms with E-state index in [1.165, 1.54) is 5.57 Å². The van der Waals surface area contributed by atoms with Crippen LogP contribution in [0.3, 0.4) is 0 Å². The van der Waals surface area contributed by atoms with Crippen LogP contribution in [-0.2, 0) is 19.1 Å². The Kier molecular flexibility index (Phi) is 16.6. The smallest absolute Gasteiger partial charge is 0.314 e. The number of ether oxygens (including phenoxy) is 3. The van der Waals surface area contributed by atoms with Gasteiger partial charge in [-0.3, -0.25) is 19.2 Å². The average Bonchev–Trinajstić information content (AvgIpc) is 3.07. The molecule has 0 amide bonds. The normalized spacial score (nSPS) is 12.6. The number of allylic oxidation sites excluding steroid dienone is 3. The van der Waals surface area contributed by atoms with E-state index >= 15 is 0 Å². The molecule has 0 heterocycles. The molecule has 0 aliphatic rings. The quantitative estimate of drug-likeness (QED) is 0.0570. The van der Waals surface area contributed by atoms with Gasteiger partial charge in [-0.05, 0) is 120 Å². The minimum absolute atomic E-state index is 0.211. The van der Waals surface area contributed by atoms with Gasteiger partial charge in [0.1, 0.15) is 29.8 Å². The highest BCUT2D eigenvalue weighted by Gasteiger charge is 2.26. The number of benzene rings is 3. The van der Waals surface area contributed by atoms with E-state index in [2.05, 4.69) is 26.2 Å². The molecule has 2 atom stereocenters. The molecular weight excluding hydrogens is 628 g/mol. The third-order valence-electron chi connectivity index (χ3n) is 8.30. The minimum atomic E-state index is -0.775. The predicted molar refractivity (Wildman–Crippen MR) is 202 cm³/mol. The molecule has 0 aromatic heterocycles. The van der Waals surface area contributed by atoms with Crippen molar-refractivity contribution in [2.45, 2.75) is 97.7 Å². The molecule has 50 heavy (non-hydrogen) atoms. The Morgan fingerprint density at radius 1 is 0.780 bits per heavy atom. The van der Waals surface area contributed by atoms with Crippen molar-refractivity contribution in [1.29, 1.82) is 0 Å². The van der Waals surface area contributed by atoms with Gasteiger partial charge in [0.15, 0.2) is 11.6 Å².